The van der Waals surface area contributed by atoms with Gasteiger partial charge in [0.1, 0.15) is 5.82 Å². The van der Waals surface area contributed by atoms with Crippen LogP contribution >= 0.6 is 11.8 Å². The zero-order valence-electron chi connectivity index (χ0n) is 15.1. The number of nitrogens with zero attached hydrogens (tertiary/aromatic N) is 4. The fourth-order valence-electron chi connectivity index (χ4n) is 2.63. The van der Waals surface area contributed by atoms with Gasteiger partial charge < -0.3 is 5.32 Å². The van der Waals surface area contributed by atoms with Gasteiger partial charge in [-0.2, -0.15) is 5.26 Å². The Hall–Kier alpha value is -3.11. The highest BCUT2D eigenvalue weighted by Crippen LogP contribution is 2.22. The Kier molecular flexibility index (Phi) is 5.89. The molecule has 1 amide bonds. The maximum absolute atomic E-state index is 12.3. The molecule has 0 spiro atoms. The van der Waals surface area contributed by atoms with E-state index < -0.39 is 0 Å². The van der Waals surface area contributed by atoms with Gasteiger partial charge in [0, 0.05) is 11.4 Å². The van der Waals surface area contributed by atoms with Crippen LogP contribution in [0.5, 0.6) is 0 Å². The lowest BCUT2D eigenvalue weighted by molar-refractivity contribution is -0.113. The smallest absolute Gasteiger partial charge is 0.234 e. The van der Waals surface area contributed by atoms with Crippen molar-refractivity contribution in [3.63, 3.8) is 0 Å². The number of carbonyl (C=O) groups is 1. The van der Waals surface area contributed by atoms with E-state index in [1.54, 1.807) is 12.1 Å². The van der Waals surface area contributed by atoms with Crippen molar-refractivity contribution in [2.45, 2.75) is 25.4 Å². The van der Waals surface area contributed by atoms with Crippen LogP contribution in [0.2, 0.25) is 0 Å². The van der Waals surface area contributed by atoms with Crippen LogP contribution in [0, 0.1) is 25.2 Å². The summed E-state index contributed by atoms with van der Waals surface area (Å²) in [6.45, 7) is 3.92. The minimum atomic E-state index is -0.121. The van der Waals surface area contributed by atoms with Gasteiger partial charge in [0.15, 0.2) is 5.16 Å². The number of nitrogens with one attached hydrogen (secondary N) is 1. The predicted molar refractivity (Wildman–Crippen MR) is 106 cm³/mol. The van der Waals surface area contributed by atoms with E-state index in [2.05, 4.69) is 27.6 Å². The molecule has 3 aromatic rings. The number of nitriles is 1. The molecular weight excluding hydrogens is 358 g/mol. The summed E-state index contributed by atoms with van der Waals surface area (Å²) in [6.07, 6.45) is 0.359. The third-order valence-electron chi connectivity index (χ3n) is 3.91. The lowest BCUT2D eigenvalue weighted by atomic mass is 10.1. The molecule has 136 valence electrons. The zero-order valence-corrected chi connectivity index (χ0v) is 16.0. The maximum Gasteiger partial charge on any atom is 0.234 e. The molecule has 7 heteroatoms. The number of amides is 1. The van der Waals surface area contributed by atoms with Crippen molar-refractivity contribution in [2.24, 2.45) is 0 Å². The molecule has 1 heterocycles. The number of hydrogen-bond donors (Lipinski definition) is 1. The zero-order chi connectivity index (χ0) is 19.2. The highest BCUT2D eigenvalue weighted by molar-refractivity contribution is 7.99. The summed E-state index contributed by atoms with van der Waals surface area (Å²) < 4.78 is 1.95. The quantitative estimate of drug-likeness (QED) is 0.663. The van der Waals surface area contributed by atoms with Gasteiger partial charge in [-0.1, -0.05) is 36.0 Å². The van der Waals surface area contributed by atoms with Crippen molar-refractivity contribution in [1.82, 2.24) is 14.8 Å². The Morgan fingerprint density at radius 1 is 1.19 bits per heavy atom. The molecule has 2 aromatic carbocycles. The first-order valence-corrected chi connectivity index (χ1v) is 9.43. The van der Waals surface area contributed by atoms with Crippen molar-refractivity contribution < 1.29 is 4.79 Å². The number of thioether (sulfide) groups is 1. The Morgan fingerprint density at radius 3 is 2.67 bits per heavy atom. The molecule has 27 heavy (non-hydrogen) atoms. The van der Waals surface area contributed by atoms with Crippen molar-refractivity contribution in [3.8, 4) is 11.8 Å². The molecule has 0 aliphatic heterocycles. The van der Waals surface area contributed by atoms with Crippen LogP contribution in [0.25, 0.3) is 5.69 Å². The van der Waals surface area contributed by atoms with E-state index in [0.29, 0.717) is 17.3 Å². The summed E-state index contributed by atoms with van der Waals surface area (Å²) in [5.41, 5.74) is 3.76. The third kappa shape index (κ3) is 4.74. The Morgan fingerprint density at radius 2 is 1.96 bits per heavy atom. The molecule has 1 aromatic heterocycles. The van der Waals surface area contributed by atoms with Gasteiger partial charge in [-0.15, -0.1) is 10.2 Å². The van der Waals surface area contributed by atoms with Gasteiger partial charge in [-0.05, 0) is 49.2 Å². The first kappa shape index (κ1) is 18.7. The normalized spacial score (nSPS) is 10.4. The summed E-state index contributed by atoms with van der Waals surface area (Å²) in [6, 6.07) is 17.5. The average Bonchev–Trinajstić information content (AvgIpc) is 3.02. The summed E-state index contributed by atoms with van der Waals surface area (Å²) in [5.74, 6) is 0.880. The van der Waals surface area contributed by atoms with E-state index >= 15 is 0 Å². The second-order valence-electron chi connectivity index (χ2n) is 6.07. The molecule has 0 bridgehead atoms. The van der Waals surface area contributed by atoms with Gasteiger partial charge in [0.05, 0.1) is 18.2 Å². The van der Waals surface area contributed by atoms with Gasteiger partial charge in [-0.3, -0.25) is 9.36 Å². The van der Waals surface area contributed by atoms with Crippen LogP contribution in [-0.4, -0.2) is 26.4 Å². The number of hydrogen-bond acceptors (Lipinski definition) is 5. The first-order chi connectivity index (χ1) is 13.1. The molecule has 0 atom stereocenters. The molecule has 6 nitrogen and oxygen atoms in total. The average molecular weight is 377 g/mol. The molecular formula is C20H19N5OS. The van der Waals surface area contributed by atoms with Crippen LogP contribution in [0.1, 0.15) is 17.0 Å². The van der Waals surface area contributed by atoms with E-state index in [9.17, 15) is 4.79 Å². The fraction of sp³-hybridized carbons (Fsp3) is 0.200. The second-order valence-corrected chi connectivity index (χ2v) is 7.02. The van der Waals surface area contributed by atoms with Crippen molar-refractivity contribution in [2.75, 3.05) is 11.1 Å². The predicted octanol–water partition coefficient (Wildman–Crippen LogP) is 3.68. The second kappa shape index (κ2) is 8.52. The van der Waals surface area contributed by atoms with Gasteiger partial charge in [0.2, 0.25) is 5.91 Å². The summed E-state index contributed by atoms with van der Waals surface area (Å²) in [5, 5.41) is 20.6. The molecule has 0 fully saturated rings. The van der Waals surface area contributed by atoms with Crippen molar-refractivity contribution >= 4 is 23.4 Å². The Balaban J connectivity index is 1.65. The third-order valence-corrected chi connectivity index (χ3v) is 4.84. The van der Waals surface area contributed by atoms with E-state index in [1.165, 1.54) is 11.8 Å². The Bertz CT molecular complexity index is 988. The number of aryl methyl sites for hydroxylation is 2. The minimum absolute atomic E-state index is 0.121. The molecule has 1 N–H and O–H groups in total. The Labute approximate surface area is 162 Å². The molecule has 0 unspecified atom stereocenters. The first-order valence-electron chi connectivity index (χ1n) is 8.44. The summed E-state index contributed by atoms with van der Waals surface area (Å²) in [7, 11) is 0. The SMILES string of the molecule is Cc1cccc(-n2c(C)nnc2SCC(=O)Nc2ccc(CC#N)cc2)c1. The minimum Gasteiger partial charge on any atom is -0.325 e. The maximum atomic E-state index is 12.3. The molecule has 0 aliphatic rings. The molecule has 0 saturated carbocycles. The monoisotopic (exact) mass is 377 g/mol. The van der Waals surface area contributed by atoms with E-state index in [1.807, 2.05) is 48.7 Å². The summed E-state index contributed by atoms with van der Waals surface area (Å²) in [4.78, 5) is 12.3. The molecule has 3 rings (SSSR count). The molecule has 0 saturated heterocycles. The van der Waals surface area contributed by atoms with Gasteiger partial charge in [0.25, 0.3) is 0 Å². The van der Waals surface area contributed by atoms with E-state index in [-0.39, 0.29) is 11.7 Å². The van der Waals surface area contributed by atoms with E-state index in [4.69, 9.17) is 5.26 Å². The van der Waals surface area contributed by atoms with Crippen LogP contribution in [-0.2, 0) is 11.2 Å². The molecule has 0 radical (unpaired) electrons. The topological polar surface area (TPSA) is 83.6 Å². The van der Waals surface area contributed by atoms with Crippen LogP contribution in [0.15, 0.2) is 53.7 Å². The standard InChI is InChI=1S/C20H19N5OS/c1-14-4-3-5-18(12-14)25-15(2)23-24-20(25)27-13-19(26)22-17-8-6-16(7-9-17)10-11-21/h3-9,12H,10,13H2,1-2H3,(H,22,26). The number of rotatable bonds is 6. The lowest BCUT2D eigenvalue weighted by Crippen LogP contribution is -2.14. The largest absolute Gasteiger partial charge is 0.325 e. The number of carbonyl (C=O) groups excluding carboxylic acids is 1. The van der Waals surface area contributed by atoms with E-state index in [0.717, 1.165) is 22.6 Å². The lowest BCUT2D eigenvalue weighted by Gasteiger charge is -2.09. The highest BCUT2D eigenvalue weighted by Gasteiger charge is 2.13. The van der Waals surface area contributed by atoms with Crippen molar-refractivity contribution in [1.29, 1.82) is 5.26 Å². The van der Waals surface area contributed by atoms with Crippen molar-refractivity contribution in [3.05, 3.63) is 65.5 Å². The van der Waals surface area contributed by atoms with Crippen LogP contribution < -0.4 is 5.32 Å². The molecule has 0 aliphatic carbocycles. The fourth-order valence-corrected chi connectivity index (χ4v) is 3.42. The van der Waals surface area contributed by atoms with Crippen LogP contribution in [0.4, 0.5) is 5.69 Å². The van der Waals surface area contributed by atoms with Gasteiger partial charge >= 0.3 is 0 Å². The summed E-state index contributed by atoms with van der Waals surface area (Å²) >= 11 is 1.34. The number of aromatic nitrogens is 3. The number of benzene rings is 2. The number of anilines is 1. The highest BCUT2D eigenvalue weighted by atomic mass is 32.2. The van der Waals surface area contributed by atoms with Crippen LogP contribution in [0.3, 0.4) is 0 Å². The van der Waals surface area contributed by atoms with Gasteiger partial charge in [-0.25, -0.2) is 0 Å².